The number of anilines is 1. The molecule has 0 aromatic heterocycles. The average molecular weight is 361 g/mol. The monoisotopic (exact) mass is 361 g/mol. The van der Waals surface area contributed by atoms with Crippen molar-refractivity contribution >= 4 is 17.8 Å². The maximum absolute atomic E-state index is 13.0. The van der Waals surface area contributed by atoms with E-state index in [1.165, 1.54) is 11.1 Å². The van der Waals surface area contributed by atoms with Gasteiger partial charge in [-0.25, -0.2) is 4.79 Å². The molecule has 2 heterocycles. The van der Waals surface area contributed by atoms with Crippen LogP contribution in [0.25, 0.3) is 6.08 Å². The van der Waals surface area contributed by atoms with E-state index < -0.39 is 0 Å². The van der Waals surface area contributed by atoms with Crippen LogP contribution >= 0.6 is 0 Å². The van der Waals surface area contributed by atoms with Gasteiger partial charge in [0, 0.05) is 45.0 Å². The number of piperazine rings is 1. The quantitative estimate of drug-likeness (QED) is 0.829. The summed E-state index contributed by atoms with van der Waals surface area (Å²) in [6, 6.07) is 18.9. The van der Waals surface area contributed by atoms with Gasteiger partial charge in [-0.05, 0) is 30.0 Å². The number of aryl methyl sites for hydroxylation is 1. The molecule has 0 saturated carbocycles. The fourth-order valence-electron chi connectivity index (χ4n) is 3.93. The summed E-state index contributed by atoms with van der Waals surface area (Å²) in [7, 11) is 0. The van der Waals surface area contributed by atoms with E-state index in [0.717, 1.165) is 57.8 Å². The van der Waals surface area contributed by atoms with Crippen molar-refractivity contribution < 1.29 is 4.79 Å². The second kappa shape index (κ2) is 8.40. The highest BCUT2D eigenvalue weighted by atomic mass is 16.2. The number of hydrogen-bond donors (Lipinski definition) is 0. The summed E-state index contributed by atoms with van der Waals surface area (Å²) >= 11 is 0. The number of benzene rings is 2. The first-order chi connectivity index (χ1) is 13.3. The standard InChI is InChI=1S/C23H27N3O/c27-23(26-15-7-12-21-11-4-5-13-22(21)26)25-18-16-24(17-19-25)14-6-10-20-8-2-1-3-9-20/h1-6,8-11,13H,7,12,14-19H2/b10-6+. The molecule has 140 valence electrons. The van der Waals surface area contributed by atoms with E-state index in [-0.39, 0.29) is 6.03 Å². The van der Waals surface area contributed by atoms with Gasteiger partial charge in [0.1, 0.15) is 0 Å². The van der Waals surface area contributed by atoms with E-state index in [1.54, 1.807) is 0 Å². The highest BCUT2D eigenvalue weighted by Gasteiger charge is 2.28. The minimum Gasteiger partial charge on any atom is -0.322 e. The maximum Gasteiger partial charge on any atom is 0.324 e. The van der Waals surface area contributed by atoms with Crippen LogP contribution in [-0.2, 0) is 6.42 Å². The van der Waals surface area contributed by atoms with Gasteiger partial charge >= 0.3 is 6.03 Å². The molecule has 27 heavy (non-hydrogen) atoms. The van der Waals surface area contributed by atoms with Crippen molar-refractivity contribution in [2.75, 3.05) is 44.2 Å². The molecule has 0 N–H and O–H groups in total. The number of carbonyl (C=O) groups excluding carboxylic acids is 1. The normalized spacial score (nSPS) is 17.9. The van der Waals surface area contributed by atoms with Crippen LogP contribution in [0.2, 0.25) is 0 Å². The van der Waals surface area contributed by atoms with Crippen molar-refractivity contribution in [3.05, 3.63) is 71.8 Å². The van der Waals surface area contributed by atoms with Crippen LogP contribution in [0, 0.1) is 0 Å². The molecule has 4 rings (SSSR count). The van der Waals surface area contributed by atoms with Crippen LogP contribution in [0.15, 0.2) is 60.7 Å². The zero-order valence-electron chi connectivity index (χ0n) is 15.8. The number of para-hydroxylation sites is 1. The molecule has 0 atom stereocenters. The lowest BCUT2D eigenvalue weighted by molar-refractivity contribution is 0.151. The second-order valence-electron chi connectivity index (χ2n) is 7.27. The molecule has 2 amide bonds. The third kappa shape index (κ3) is 4.22. The largest absolute Gasteiger partial charge is 0.324 e. The van der Waals surface area contributed by atoms with Crippen molar-refractivity contribution in [2.45, 2.75) is 12.8 Å². The number of carbonyl (C=O) groups is 1. The predicted molar refractivity (Wildman–Crippen MR) is 111 cm³/mol. The van der Waals surface area contributed by atoms with Gasteiger partial charge in [0.15, 0.2) is 0 Å². The van der Waals surface area contributed by atoms with E-state index >= 15 is 0 Å². The Morgan fingerprint density at radius 2 is 1.63 bits per heavy atom. The van der Waals surface area contributed by atoms with Crippen LogP contribution in [0.3, 0.4) is 0 Å². The van der Waals surface area contributed by atoms with Gasteiger partial charge in [-0.3, -0.25) is 9.80 Å². The van der Waals surface area contributed by atoms with Crippen molar-refractivity contribution in [2.24, 2.45) is 0 Å². The maximum atomic E-state index is 13.0. The first-order valence-corrected chi connectivity index (χ1v) is 9.89. The molecule has 0 bridgehead atoms. The number of fused-ring (bicyclic) bond motifs is 1. The predicted octanol–water partition coefficient (Wildman–Crippen LogP) is 3.89. The third-order valence-electron chi connectivity index (χ3n) is 5.46. The van der Waals surface area contributed by atoms with E-state index in [4.69, 9.17) is 0 Å². The summed E-state index contributed by atoms with van der Waals surface area (Å²) in [5, 5.41) is 0. The van der Waals surface area contributed by atoms with Crippen molar-refractivity contribution in [3.8, 4) is 0 Å². The van der Waals surface area contributed by atoms with Gasteiger partial charge in [-0.15, -0.1) is 0 Å². The van der Waals surface area contributed by atoms with E-state index in [1.807, 2.05) is 21.9 Å². The molecule has 2 aliphatic heterocycles. The molecule has 0 spiro atoms. The van der Waals surface area contributed by atoms with Crippen molar-refractivity contribution in [1.29, 1.82) is 0 Å². The average Bonchev–Trinajstić information content (AvgIpc) is 2.74. The Hall–Kier alpha value is -2.59. The molecule has 2 aliphatic rings. The summed E-state index contributed by atoms with van der Waals surface area (Å²) in [5.74, 6) is 0. The lowest BCUT2D eigenvalue weighted by Crippen LogP contribution is -2.53. The van der Waals surface area contributed by atoms with E-state index in [2.05, 4.69) is 59.5 Å². The van der Waals surface area contributed by atoms with Gasteiger partial charge < -0.3 is 4.90 Å². The van der Waals surface area contributed by atoms with Crippen molar-refractivity contribution in [1.82, 2.24) is 9.80 Å². The zero-order chi connectivity index (χ0) is 18.5. The minimum absolute atomic E-state index is 0.168. The summed E-state index contributed by atoms with van der Waals surface area (Å²) in [6.07, 6.45) is 6.50. The SMILES string of the molecule is O=C(N1CCN(C/C=C/c2ccccc2)CC1)N1CCCc2ccccc21. The number of hydrogen-bond acceptors (Lipinski definition) is 2. The Morgan fingerprint density at radius 3 is 2.44 bits per heavy atom. The van der Waals surface area contributed by atoms with Crippen LogP contribution in [0.4, 0.5) is 10.5 Å². The molecule has 0 unspecified atom stereocenters. The fourth-order valence-corrected chi connectivity index (χ4v) is 3.93. The summed E-state index contributed by atoms with van der Waals surface area (Å²) in [5.41, 5.74) is 3.62. The fraction of sp³-hybridized carbons (Fsp3) is 0.348. The first kappa shape index (κ1) is 17.8. The Bertz CT molecular complexity index is 794. The molecule has 4 nitrogen and oxygen atoms in total. The van der Waals surface area contributed by atoms with Crippen LogP contribution in [-0.4, -0.2) is 55.1 Å². The number of amides is 2. The molecule has 0 radical (unpaired) electrons. The number of rotatable bonds is 3. The first-order valence-electron chi connectivity index (χ1n) is 9.89. The Morgan fingerprint density at radius 1 is 0.889 bits per heavy atom. The molecule has 2 aromatic rings. The summed E-state index contributed by atoms with van der Waals surface area (Å²) < 4.78 is 0. The molecule has 1 fully saturated rings. The zero-order valence-corrected chi connectivity index (χ0v) is 15.8. The van der Waals surface area contributed by atoms with E-state index in [0.29, 0.717) is 0 Å². The van der Waals surface area contributed by atoms with Gasteiger partial charge in [0.05, 0.1) is 0 Å². The molecular weight excluding hydrogens is 334 g/mol. The van der Waals surface area contributed by atoms with E-state index in [9.17, 15) is 4.79 Å². The van der Waals surface area contributed by atoms with Gasteiger partial charge in [0.25, 0.3) is 0 Å². The number of urea groups is 1. The topological polar surface area (TPSA) is 26.8 Å². The summed E-state index contributed by atoms with van der Waals surface area (Å²) in [4.78, 5) is 19.4. The lowest BCUT2D eigenvalue weighted by Gasteiger charge is -2.38. The summed E-state index contributed by atoms with van der Waals surface area (Å²) in [6.45, 7) is 5.23. The minimum atomic E-state index is 0.168. The Kier molecular flexibility index (Phi) is 5.54. The Balaban J connectivity index is 1.31. The Labute approximate surface area is 161 Å². The smallest absolute Gasteiger partial charge is 0.322 e. The van der Waals surface area contributed by atoms with Gasteiger partial charge in [-0.1, -0.05) is 60.7 Å². The van der Waals surface area contributed by atoms with Crippen molar-refractivity contribution in [3.63, 3.8) is 0 Å². The van der Waals surface area contributed by atoms with Crippen LogP contribution in [0.5, 0.6) is 0 Å². The third-order valence-corrected chi connectivity index (χ3v) is 5.46. The lowest BCUT2D eigenvalue weighted by atomic mass is 10.0. The molecular formula is C23H27N3O. The van der Waals surface area contributed by atoms with Crippen LogP contribution < -0.4 is 4.90 Å². The number of nitrogens with zero attached hydrogens (tertiary/aromatic N) is 3. The molecule has 0 aliphatic carbocycles. The molecule has 2 aromatic carbocycles. The van der Waals surface area contributed by atoms with Gasteiger partial charge in [-0.2, -0.15) is 0 Å². The highest BCUT2D eigenvalue weighted by molar-refractivity contribution is 5.93. The highest BCUT2D eigenvalue weighted by Crippen LogP contribution is 2.27. The molecule has 1 saturated heterocycles. The van der Waals surface area contributed by atoms with Gasteiger partial charge in [0.2, 0.25) is 0 Å². The van der Waals surface area contributed by atoms with Crippen LogP contribution in [0.1, 0.15) is 17.5 Å². The molecule has 4 heteroatoms. The second-order valence-corrected chi connectivity index (χ2v) is 7.27.